The lowest BCUT2D eigenvalue weighted by molar-refractivity contribution is 0.00578. The van der Waals surface area contributed by atoms with Crippen molar-refractivity contribution in [3.63, 3.8) is 0 Å². The van der Waals surface area contributed by atoms with Crippen LogP contribution < -0.4 is 15.5 Å². The molecule has 0 atom stereocenters. The largest absolute Gasteiger partial charge is 0.494 e. The maximum absolute atomic E-state index is 12.1. The van der Waals surface area contributed by atoms with Crippen LogP contribution in [0.25, 0.3) is 10.9 Å². The number of nitrogens with one attached hydrogen (secondary N) is 1. The summed E-state index contributed by atoms with van der Waals surface area (Å²) in [5, 5.41) is 4.05. The van der Waals surface area contributed by atoms with Crippen LogP contribution in [0.15, 0.2) is 18.3 Å². The number of anilines is 1. The first-order valence-electron chi connectivity index (χ1n) is 11.6. The lowest BCUT2D eigenvalue weighted by atomic mass is 9.78. The Morgan fingerprint density at radius 2 is 1.82 bits per heavy atom. The van der Waals surface area contributed by atoms with E-state index < -0.39 is 23.9 Å². The van der Waals surface area contributed by atoms with Crippen LogP contribution in [0.4, 0.5) is 10.7 Å². The molecule has 2 aromatic rings. The molecule has 1 saturated heterocycles. The summed E-state index contributed by atoms with van der Waals surface area (Å²) in [4.78, 5) is 22.7. The van der Waals surface area contributed by atoms with E-state index in [9.17, 15) is 4.79 Å². The van der Waals surface area contributed by atoms with Gasteiger partial charge < -0.3 is 29.0 Å². The molecule has 1 fully saturated rings. The molecule has 1 aromatic heterocycles. The lowest BCUT2D eigenvalue weighted by Crippen LogP contribution is -2.41. The second kappa shape index (κ2) is 9.58. The minimum absolute atomic E-state index is 0.336. The number of aromatic nitrogens is 2. The van der Waals surface area contributed by atoms with Gasteiger partial charge in [0, 0.05) is 31.7 Å². The quantitative estimate of drug-likeness (QED) is 0.483. The highest BCUT2D eigenvalue weighted by molar-refractivity contribution is 6.62. The first-order valence-corrected chi connectivity index (χ1v) is 11.6. The Balaban J connectivity index is 1.66. The van der Waals surface area contributed by atoms with E-state index in [0.29, 0.717) is 30.3 Å². The van der Waals surface area contributed by atoms with Crippen LogP contribution in [-0.2, 0) is 14.0 Å². The molecular weight excluding hydrogens is 435 g/mol. The number of ether oxygens (including phenoxy) is 2. The van der Waals surface area contributed by atoms with E-state index in [4.69, 9.17) is 18.8 Å². The molecule has 0 saturated carbocycles. The number of rotatable bonds is 7. The fraction of sp³-hybridized carbons (Fsp3) is 0.625. The number of methoxy groups -OCH3 is 1. The zero-order valence-corrected chi connectivity index (χ0v) is 21.8. The molecule has 2 heterocycles. The van der Waals surface area contributed by atoms with Crippen molar-refractivity contribution in [2.24, 2.45) is 0 Å². The van der Waals surface area contributed by atoms with Gasteiger partial charge in [-0.3, -0.25) is 0 Å². The number of benzene rings is 1. The van der Waals surface area contributed by atoms with Crippen LogP contribution in [0.1, 0.15) is 54.9 Å². The third-order valence-electron chi connectivity index (χ3n) is 6.07. The standard InChI is InChI=1S/C24H37BN4O5/c1-22(2,3)32-21(30)29(8)12-10-11-26-20-27-15-16-13-17(14-18(31-9)19(16)28-20)25-33-23(4,5)24(6,7)34-25/h13-15H,10-12H2,1-9H3,(H,26,27,28). The minimum Gasteiger partial charge on any atom is -0.494 e. The summed E-state index contributed by atoms with van der Waals surface area (Å²) in [6.45, 7) is 14.8. The fourth-order valence-corrected chi connectivity index (χ4v) is 3.44. The van der Waals surface area contributed by atoms with Gasteiger partial charge in [-0.25, -0.2) is 14.8 Å². The summed E-state index contributed by atoms with van der Waals surface area (Å²) < 4.78 is 23.4. The predicted molar refractivity (Wildman–Crippen MR) is 134 cm³/mol. The lowest BCUT2D eigenvalue weighted by Gasteiger charge is -2.32. The van der Waals surface area contributed by atoms with Crippen molar-refractivity contribution < 1.29 is 23.6 Å². The number of carbonyl (C=O) groups excluding carboxylic acids is 1. The zero-order chi connectivity index (χ0) is 25.3. The first-order chi connectivity index (χ1) is 15.7. The topological polar surface area (TPSA) is 95.0 Å². The van der Waals surface area contributed by atoms with Crippen LogP contribution in [-0.4, -0.2) is 72.1 Å². The van der Waals surface area contributed by atoms with Gasteiger partial charge in [0.2, 0.25) is 5.95 Å². The minimum atomic E-state index is -0.510. The van der Waals surface area contributed by atoms with E-state index in [0.717, 1.165) is 17.3 Å². The predicted octanol–water partition coefficient (Wildman–Crippen LogP) is 3.61. The molecular formula is C24H37BN4O5. The number of fused-ring (bicyclic) bond motifs is 1. The normalized spacial score (nSPS) is 17.0. The summed E-state index contributed by atoms with van der Waals surface area (Å²) in [5.41, 5.74) is 0.191. The van der Waals surface area contributed by atoms with Crippen LogP contribution in [0, 0.1) is 0 Å². The highest BCUT2D eigenvalue weighted by Crippen LogP contribution is 2.37. The van der Waals surface area contributed by atoms with Gasteiger partial charge in [0.1, 0.15) is 16.9 Å². The van der Waals surface area contributed by atoms with E-state index in [1.165, 1.54) is 0 Å². The zero-order valence-electron chi connectivity index (χ0n) is 21.8. The Bertz CT molecular complexity index is 1020. The molecule has 9 nitrogen and oxygen atoms in total. The molecule has 1 aromatic carbocycles. The Kier molecular flexibility index (Phi) is 7.33. The van der Waals surface area contributed by atoms with Crippen LogP contribution in [0.5, 0.6) is 5.75 Å². The van der Waals surface area contributed by atoms with Crippen molar-refractivity contribution in [3.05, 3.63) is 18.3 Å². The monoisotopic (exact) mass is 472 g/mol. The van der Waals surface area contributed by atoms with Crippen molar-refractivity contribution >= 4 is 35.5 Å². The molecule has 1 amide bonds. The Hall–Kier alpha value is -2.59. The van der Waals surface area contributed by atoms with Crippen molar-refractivity contribution in [2.75, 3.05) is 32.6 Å². The summed E-state index contributed by atoms with van der Waals surface area (Å²) in [5.74, 6) is 1.12. The van der Waals surface area contributed by atoms with Crippen molar-refractivity contribution in [2.45, 2.75) is 71.7 Å². The van der Waals surface area contributed by atoms with Crippen molar-refractivity contribution in [1.82, 2.24) is 14.9 Å². The summed E-state index contributed by atoms with van der Waals surface area (Å²) in [7, 11) is 2.84. The van der Waals surface area contributed by atoms with Gasteiger partial charge >= 0.3 is 13.2 Å². The van der Waals surface area contributed by atoms with Gasteiger partial charge in [-0.1, -0.05) is 6.07 Å². The van der Waals surface area contributed by atoms with Gasteiger partial charge in [-0.05, 0) is 66.4 Å². The van der Waals surface area contributed by atoms with Crippen LogP contribution in [0.2, 0.25) is 0 Å². The third-order valence-corrected chi connectivity index (χ3v) is 6.07. The number of hydrogen-bond donors (Lipinski definition) is 1. The summed E-state index contributed by atoms with van der Waals surface area (Å²) in [6.07, 6.45) is 2.14. The molecule has 0 spiro atoms. The number of nitrogens with zero attached hydrogens (tertiary/aromatic N) is 3. The van der Waals surface area contributed by atoms with Crippen LogP contribution >= 0.6 is 0 Å². The first kappa shape index (κ1) is 26.0. The van der Waals surface area contributed by atoms with Crippen LogP contribution in [0.3, 0.4) is 0 Å². The molecule has 0 unspecified atom stereocenters. The molecule has 186 valence electrons. The maximum Gasteiger partial charge on any atom is 0.494 e. The van der Waals surface area contributed by atoms with E-state index in [-0.39, 0.29) is 6.09 Å². The molecule has 0 aliphatic carbocycles. The molecule has 1 N–H and O–H groups in total. The Morgan fingerprint density at radius 3 is 2.41 bits per heavy atom. The molecule has 34 heavy (non-hydrogen) atoms. The average molecular weight is 472 g/mol. The second-order valence-electron chi connectivity index (χ2n) is 10.6. The van der Waals surface area contributed by atoms with E-state index in [1.54, 1.807) is 25.3 Å². The maximum atomic E-state index is 12.1. The molecule has 10 heteroatoms. The molecule has 1 aliphatic rings. The average Bonchev–Trinajstić information content (AvgIpc) is 2.95. The molecule has 3 rings (SSSR count). The van der Waals surface area contributed by atoms with Crippen molar-refractivity contribution in [3.8, 4) is 5.75 Å². The second-order valence-corrected chi connectivity index (χ2v) is 10.6. The highest BCUT2D eigenvalue weighted by Gasteiger charge is 2.51. The molecule has 1 aliphatic heterocycles. The SMILES string of the molecule is COc1cc(B2OC(C)(C)C(C)(C)O2)cc2cnc(NCCCN(C)C(=O)OC(C)(C)C)nc12. The van der Waals surface area contributed by atoms with Gasteiger partial charge in [0.25, 0.3) is 0 Å². The molecule has 0 radical (unpaired) electrons. The number of carbonyl (C=O) groups is 1. The molecule has 0 bridgehead atoms. The number of amides is 1. The van der Waals surface area contributed by atoms with Gasteiger partial charge in [-0.2, -0.15) is 0 Å². The summed E-state index contributed by atoms with van der Waals surface area (Å²) in [6, 6.07) is 3.87. The van der Waals surface area contributed by atoms with Gasteiger partial charge in [0.05, 0.1) is 18.3 Å². The van der Waals surface area contributed by atoms with Gasteiger partial charge in [-0.15, -0.1) is 0 Å². The highest BCUT2D eigenvalue weighted by atomic mass is 16.7. The fourth-order valence-electron chi connectivity index (χ4n) is 3.44. The van der Waals surface area contributed by atoms with Crippen molar-refractivity contribution in [1.29, 1.82) is 0 Å². The van der Waals surface area contributed by atoms with E-state index in [1.807, 2.05) is 60.6 Å². The number of hydrogen-bond acceptors (Lipinski definition) is 8. The van der Waals surface area contributed by atoms with Gasteiger partial charge in [0.15, 0.2) is 0 Å². The summed E-state index contributed by atoms with van der Waals surface area (Å²) >= 11 is 0. The van der Waals surface area contributed by atoms with E-state index >= 15 is 0 Å². The Morgan fingerprint density at radius 1 is 1.18 bits per heavy atom. The third kappa shape index (κ3) is 5.91. The smallest absolute Gasteiger partial charge is 0.494 e. The Labute approximate surface area is 202 Å². The van der Waals surface area contributed by atoms with E-state index in [2.05, 4.69) is 15.3 Å².